The zero-order chi connectivity index (χ0) is 11.5. The molecule has 0 unspecified atom stereocenters. The van der Waals surface area contributed by atoms with Crippen molar-refractivity contribution in [1.29, 1.82) is 0 Å². The van der Waals surface area contributed by atoms with E-state index in [-0.39, 0.29) is 0 Å². The summed E-state index contributed by atoms with van der Waals surface area (Å²) in [5.74, 6) is 0.553. The van der Waals surface area contributed by atoms with Gasteiger partial charge in [0.2, 0.25) is 0 Å². The van der Waals surface area contributed by atoms with Gasteiger partial charge in [-0.25, -0.2) is 0 Å². The van der Waals surface area contributed by atoms with Gasteiger partial charge in [-0.3, -0.25) is 0 Å². The van der Waals surface area contributed by atoms with Gasteiger partial charge in [-0.1, -0.05) is 23.2 Å². The molecule has 0 aliphatic carbocycles. The molecule has 16 heavy (non-hydrogen) atoms. The van der Waals surface area contributed by atoms with E-state index in [4.69, 9.17) is 28.9 Å². The van der Waals surface area contributed by atoms with Crippen molar-refractivity contribution in [3.05, 3.63) is 40.5 Å². The van der Waals surface area contributed by atoms with E-state index < -0.39 is 0 Å². The minimum Gasteiger partial charge on any atom is -0.399 e. The standard InChI is InChI=1S/C10H8Cl2N4/c11-7-2-1-6(13)5-8(7)14-10-4-3-9(12)15-16-10/h1-5H,13H2,(H,14,16). The summed E-state index contributed by atoms with van der Waals surface area (Å²) >= 11 is 11.6. The SMILES string of the molecule is Nc1ccc(Cl)c(Nc2ccc(Cl)nn2)c1. The lowest BCUT2D eigenvalue weighted by Crippen LogP contribution is -1.96. The van der Waals surface area contributed by atoms with Gasteiger partial charge >= 0.3 is 0 Å². The van der Waals surface area contributed by atoms with E-state index in [2.05, 4.69) is 15.5 Å². The minimum atomic E-state index is 0.337. The van der Waals surface area contributed by atoms with Crippen LogP contribution in [0, 0.1) is 0 Å². The quantitative estimate of drug-likeness (QED) is 0.809. The molecule has 3 N–H and O–H groups in total. The Kier molecular flexibility index (Phi) is 3.12. The Morgan fingerprint density at radius 2 is 1.88 bits per heavy atom. The van der Waals surface area contributed by atoms with Crippen molar-refractivity contribution in [1.82, 2.24) is 10.2 Å². The van der Waals surface area contributed by atoms with E-state index in [1.165, 1.54) is 0 Å². The maximum atomic E-state index is 5.99. The Bertz CT molecular complexity index is 499. The number of benzene rings is 1. The lowest BCUT2D eigenvalue weighted by Gasteiger charge is -2.07. The van der Waals surface area contributed by atoms with Crippen LogP contribution < -0.4 is 11.1 Å². The molecule has 0 spiro atoms. The van der Waals surface area contributed by atoms with E-state index in [1.54, 1.807) is 30.3 Å². The van der Waals surface area contributed by atoms with Crippen LogP contribution in [0.2, 0.25) is 10.2 Å². The molecule has 0 aliphatic rings. The molecule has 4 nitrogen and oxygen atoms in total. The second-order valence-electron chi connectivity index (χ2n) is 3.11. The Balaban J connectivity index is 2.26. The highest BCUT2D eigenvalue weighted by Crippen LogP contribution is 2.26. The lowest BCUT2D eigenvalue weighted by molar-refractivity contribution is 1.04. The number of nitrogen functional groups attached to an aromatic ring is 1. The van der Waals surface area contributed by atoms with Crippen LogP contribution >= 0.6 is 23.2 Å². The smallest absolute Gasteiger partial charge is 0.153 e. The molecule has 2 aromatic rings. The summed E-state index contributed by atoms with van der Waals surface area (Å²) in [4.78, 5) is 0. The van der Waals surface area contributed by atoms with Gasteiger partial charge in [-0.05, 0) is 30.3 Å². The normalized spacial score (nSPS) is 10.1. The summed E-state index contributed by atoms with van der Waals surface area (Å²) in [7, 11) is 0. The van der Waals surface area contributed by atoms with Crippen molar-refractivity contribution in [3.8, 4) is 0 Å². The van der Waals surface area contributed by atoms with Gasteiger partial charge in [0.05, 0.1) is 10.7 Å². The summed E-state index contributed by atoms with van der Waals surface area (Å²) in [5, 5.41) is 11.5. The van der Waals surface area contributed by atoms with E-state index in [0.29, 0.717) is 27.4 Å². The Morgan fingerprint density at radius 3 is 2.56 bits per heavy atom. The van der Waals surface area contributed by atoms with Crippen molar-refractivity contribution in [3.63, 3.8) is 0 Å². The van der Waals surface area contributed by atoms with E-state index in [1.807, 2.05) is 0 Å². The van der Waals surface area contributed by atoms with Gasteiger partial charge in [0, 0.05) is 5.69 Å². The summed E-state index contributed by atoms with van der Waals surface area (Å²) in [5.41, 5.74) is 6.95. The largest absolute Gasteiger partial charge is 0.399 e. The Morgan fingerprint density at radius 1 is 1.06 bits per heavy atom. The molecule has 6 heteroatoms. The van der Waals surface area contributed by atoms with Crippen LogP contribution in [-0.2, 0) is 0 Å². The topological polar surface area (TPSA) is 63.8 Å². The molecule has 2 rings (SSSR count). The van der Waals surface area contributed by atoms with Crippen molar-refractivity contribution >= 4 is 40.4 Å². The van der Waals surface area contributed by atoms with E-state index >= 15 is 0 Å². The fourth-order valence-electron chi connectivity index (χ4n) is 1.16. The highest BCUT2D eigenvalue weighted by Gasteiger charge is 2.02. The average molecular weight is 255 g/mol. The highest BCUT2D eigenvalue weighted by molar-refractivity contribution is 6.33. The van der Waals surface area contributed by atoms with Crippen LogP contribution in [0.4, 0.5) is 17.2 Å². The molecule has 0 aliphatic heterocycles. The van der Waals surface area contributed by atoms with Crippen LogP contribution in [-0.4, -0.2) is 10.2 Å². The third-order valence-electron chi connectivity index (χ3n) is 1.89. The van der Waals surface area contributed by atoms with Gasteiger partial charge in [0.15, 0.2) is 11.0 Å². The number of rotatable bonds is 2. The number of anilines is 3. The van der Waals surface area contributed by atoms with Gasteiger partial charge in [0.1, 0.15) is 0 Å². The summed E-state index contributed by atoms with van der Waals surface area (Å²) in [6.45, 7) is 0. The second-order valence-corrected chi connectivity index (χ2v) is 3.90. The second kappa shape index (κ2) is 4.55. The number of hydrogen-bond donors (Lipinski definition) is 2. The number of nitrogens with one attached hydrogen (secondary N) is 1. The Labute approximate surface area is 102 Å². The first-order valence-electron chi connectivity index (χ1n) is 4.46. The molecule has 0 radical (unpaired) electrons. The number of nitrogens with zero attached hydrogens (tertiary/aromatic N) is 2. The molecule has 0 fully saturated rings. The minimum absolute atomic E-state index is 0.337. The molecule has 0 amide bonds. The molecule has 0 saturated carbocycles. The maximum absolute atomic E-state index is 5.99. The molecule has 1 heterocycles. The zero-order valence-electron chi connectivity index (χ0n) is 8.11. The molecule has 0 saturated heterocycles. The van der Waals surface area contributed by atoms with Gasteiger partial charge < -0.3 is 11.1 Å². The maximum Gasteiger partial charge on any atom is 0.153 e. The summed E-state index contributed by atoms with van der Waals surface area (Å²) < 4.78 is 0. The molecule has 0 bridgehead atoms. The monoisotopic (exact) mass is 254 g/mol. The number of halogens is 2. The molecule has 1 aromatic carbocycles. The fraction of sp³-hybridized carbons (Fsp3) is 0. The summed E-state index contributed by atoms with van der Waals surface area (Å²) in [6, 6.07) is 8.49. The molecule has 82 valence electrons. The average Bonchev–Trinajstić information content (AvgIpc) is 2.27. The van der Waals surface area contributed by atoms with Crippen LogP contribution in [0.25, 0.3) is 0 Å². The van der Waals surface area contributed by atoms with E-state index in [9.17, 15) is 0 Å². The van der Waals surface area contributed by atoms with Crippen LogP contribution in [0.5, 0.6) is 0 Å². The van der Waals surface area contributed by atoms with Crippen molar-refractivity contribution < 1.29 is 0 Å². The first-order valence-corrected chi connectivity index (χ1v) is 5.22. The van der Waals surface area contributed by atoms with Gasteiger partial charge in [0.25, 0.3) is 0 Å². The first kappa shape index (κ1) is 11.0. The van der Waals surface area contributed by atoms with Crippen LogP contribution in [0.3, 0.4) is 0 Å². The fourth-order valence-corrected chi connectivity index (χ4v) is 1.42. The first-order chi connectivity index (χ1) is 7.65. The van der Waals surface area contributed by atoms with Crippen molar-refractivity contribution in [2.75, 3.05) is 11.1 Å². The molecule has 1 aromatic heterocycles. The third kappa shape index (κ3) is 2.53. The highest BCUT2D eigenvalue weighted by atomic mass is 35.5. The molecular formula is C10H8Cl2N4. The van der Waals surface area contributed by atoms with Gasteiger partial charge in [-0.15, -0.1) is 10.2 Å². The van der Waals surface area contributed by atoms with Crippen molar-refractivity contribution in [2.24, 2.45) is 0 Å². The van der Waals surface area contributed by atoms with Crippen molar-refractivity contribution in [2.45, 2.75) is 0 Å². The van der Waals surface area contributed by atoms with E-state index in [0.717, 1.165) is 0 Å². The Hall–Kier alpha value is -1.52. The number of nitrogens with two attached hydrogens (primary N) is 1. The summed E-state index contributed by atoms with van der Waals surface area (Å²) in [6.07, 6.45) is 0. The zero-order valence-corrected chi connectivity index (χ0v) is 9.63. The lowest BCUT2D eigenvalue weighted by atomic mass is 10.3. The third-order valence-corrected chi connectivity index (χ3v) is 2.42. The van der Waals surface area contributed by atoms with Crippen LogP contribution in [0.1, 0.15) is 0 Å². The molecular weight excluding hydrogens is 247 g/mol. The van der Waals surface area contributed by atoms with Gasteiger partial charge in [-0.2, -0.15) is 0 Å². The number of aromatic nitrogens is 2. The predicted octanol–water partition coefficient (Wildman–Crippen LogP) is 3.11. The molecule has 0 atom stereocenters. The predicted molar refractivity (Wildman–Crippen MR) is 66.2 cm³/mol. The van der Waals surface area contributed by atoms with Crippen LogP contribution in [0.15, 0.2) is 30.3 Å². The number of hydrogen-bond acceptors (Lipinski definition) is 4.